The van der Waals surface area contributed by atoms with Gasteiger partial charge in [-0.15, -0.1) is 0 Å². The van der Waals surface area contributed by atoms with Crippen molar-refractivity contribution in [2.45, 2.75) is 18.9 Å². The van der Waals surface area contributed by atoms with Crippen LogP contribution in [0.3, 0.4) is 0 Å². The predicted octanol–water partition coefficient (Wildman–Crippen LogP) is 1.34. The highest BCUT2D eigenvalue weighted by Crippen LogP contribution is 2.39. The fourth-order valence-electron chi connectivity index (χ4n) is 3.30. The number of piperidine rings is 1. The zero-order chi connectivity index (χ0) is 12.6. The minimum absolute atomic E-state index is 0.182. The quantitative estimate of drug-likeness (QED) is 0.789. The van der Waals surface area contributed by atoms with Crippen molar-refractivity contribution in [3.63, 3.8) is 0 Å². The molecular weight excluding hydrogens is 229 g/mol. The predicted molar refractivity (Wildman–Crippen MR) is 71.1 cm³/mol. The van der Waals surface area contributed by atoms with E-state index in [9.17, 15) is 4.39 Å². The van der Waals surface area contributed by atoms with Crippen LogP contribution < -0.4 is 16.0 Å². The minimum Gasteiger partial charge on any atom is -0.369 e. The van der Waals surface area contributed by atoms with Crippen LogP contribution in [0.5, 0.6) is 0 Å². The van der Waals surface area contributed by atoms with Crippen molar-refractivity contribution in [3.8, 4) is 0 Å². The number of halogens is 1. The van der Waals surface area contributed by atoms with Crippen LogP contribution in [0.25, 0.3) is 0 Å². The number of hydrogen-bond donors (Lipinski definition) is 2. The molecule has 1 aromatic rings. The van der Waals surface area contributed by atoms with Gasteiger partial charge in [0.15, 0.2) is 0 Å². The number of nitrogens with zero attached hydrogens (tertiary/aromatic N) is 1. The molecule has 0 aliphatic carbocycles. The molecule has 1 aromatic carbocycles. The van der Waals surface area contributed by atoms with Gasteiger partial charge in [-0.2, -0.15) is 0 Å². The molecular formula is C14H20FN3. The zero-order valence-corrected chi connectivity index (χ0v) is 10.5. The molecule has 0 aromatic heterocycles. The fourth-order valence-corrected chi connectivity index (χ4v) is 3.30. The molecule has 2 heterocycles. The number of rotatable bonds is 1. The lowest BCUT2D eigenvalue weighted by molar-refractivity contribution is 0.205. The van der Waals surface area contributed by atoms with E-state index in [-0.39, 0.29) is 17.3 Å². The van der Waals surface area contributed by atoms with Crippen LogP contribution in [0.15, 0.2) is 24.3 Å². The van der Waals surface area contributed by atoms with Gasteiger partial charge in [0.2, 0.25) is 0 Å². The smallest absolute Gasteiger partial charge is 0.123 e. The Labute approximate surface area is 107 Å². The molecule has 2 saturated heterocycles. The van der Waals surface area contributed by atoms with Gasteiger partial charge in [0.1, 0.15) is 5.82 Å². The van der Waals surface area contributed by atoms with Gasteiger partial charge in [-0.25, -0.2) is 4.39 Å². The van der Waals surface area contributed by atoms with E-state index in [1.54, 1.807) is 0 Å². The maximum atomic E-state index is 12.9. The summed E-state index contributed by atoms with van der Waals surface area (Å²) in [5, 5.41) is 3.39. The van der Waals surface area contributed by atoms with Gasteiger partial charge < -0.3 is 16.0 Å². The Kier molecular flexibility index (Phi) is 2.99. The van der Waals surface area contributed by atoms with E-state index in [1.807, 2.05) is 12.1 Å². The third-order valence-electron chi connectivity index (χ3n) is 4.50. The fraction of sp³-hybridized carbons (Fsp3) is 0.571. The maximum Gasteiger partial charge on any atom is 0.123 e. The van der Waals surface area contributed by atoms with E-state index in [0.29, 0.717) is 0 Å². The second kappa shape index (κ2) is 4.52. The normalized spacial score (nSPS) is 26.8. The first-order valence-electron chi connectivity index (χ1n) is 6.66. The van der Waals surface area contributed by atoms with Gasteiger partial charge in [-0.1, -0.05) is 0 Å². The van der Waals surface area contributed by atoms with E-state index in [1.165, 1.54) is 12.1 Å². The molecule has 2 fully saturated rings. The number of nitrogens with one attached hydrogen (secondary N) is 1. The maximum absolute atomic E-state index is 12.9. The molecule has 98 valence electrons. The third kappa shape index (κ3) is 1.99. The lowest BCUT2D eigenvalue weighted by Gasteiger charge is -2.36. The van der Waals surface area contributed by atoms with Gasteiger partial charge in [0, 0.05) is 30.2 Å². The Bertz CT molecular complexity index is 412. The van der Waals surface area contributed by atoms with Gasteiger partial charge >= 0.3 is 0 Å². The third-order valence-corrected chi connectivity index (χ3v) is 4.50. The van der Waals surface area contributed by atoms with Crippen molar-refractivity contribution in [2.24, 2.45) is 11.1 Å². The summed E-state index contributed by atoms with van der Waals surface area (Å²) < 4.78 is 12.9. The van der Waals surface area contributed by atoms with Crippen molar-refractivity contribution >= 4 is 5.69 Å². The molecule has 2 aliphatic heterocycles. The number of hydrogen-bond acceptors (Lipinski definition) is 3. The first-order valence-corrected chi connectivity index (χ1v) is 6.66. The summed E-state index contributed by atoms with van der Waals surface area (Å²) in [5.41, 5.74) is 7.69. The summed E-state index contributed by atoms with van der Waals surface area (Å²) in [7, 11) is 0. The van der Waals surface area contributed by atoms with Crippen LogP contribution in [0.2, 0.25) is 0 Å². The van der Waals surface area contributed by atoms with Crippen LogP contribution >= 0.6 is 0 Å². The summed E-state index contributed by atoms with van der Waals surface area (Å²) >= 11 is 0. The highest BCUT2D eigenvalue weighted by atomic mass is 19.1. The molecule has 0 unspecified atom stereocenters. The van der Waals surface area contributed by atoms with E-state index >= 15 is 0 Å². The van der Waals surface area contributed by atoms with E-state index in [0.717, 1.165) is 44.7 Å². The molecule has 18 heavy (non-hydrogen) atoms. The first kappa shape index (κ1) is 11.9. The molecule has 2 aliphatic rings. The van der Waals surface area contributed by atoms with Crippen molar-refractivity contribution in [3.05, 3.63) is 30.1 Å². The average Bonchev–Trinajstić information content (AvgIpc) is 2.69. The monoisotopic (exact) mass is 249 g/mol. The minimum atomic E-state index is -0.182. The van der Waals surface area contributed by atoms with Crippen LogP contribution in [-0.2, 0) is 0 Å². The number of nitrogens with two attached hydrogens (primary N) is 1. The van der Waals surface area contributed by atoms with Gasteiger partial charge in [0.25, 0.3) is 0 Å². The summed E-state index contributed by atoms with van der Waals surface area (Å²) in [5.74, 6) is -0.182. The Balaban J connectivity index is 1.78. The molecule has 1 atom stereocenters. The SMILES string of the molecule is N[C@@H]1CN(c2ccc(F)cc2)CC12CCNCC2. The molecule has 0 radical (unpaired) electrons. The van der Waals surface area contributed by atoms with Gasteiger partial charge in [-0.05, 0) is 50.2 Å². The van der Waals surface area contributed by atoms with Crippen molar-refractivity contribution in [1.82, 2.24) is 5.32 Å². The largest absolute Gasteiger partial charge is 0.369 e. The second-order valence-corrected chi connectivity index (χ2v) is 5.58. The van der Waals surface area contributed by atoms with Crippen LogP contribution in [-0.4, -0.2) is 32.2 Å². The van der Waals surface area contributed by atoms with Crippen LogP contribution in [0.4, 0.5) is 10.1 Å². The standard InChI is InChI=1S/C14H20FN3/c15-11-1-3-12(4-2-11)18-9-13(16)14(10-18)5-7-17-8-6-14/h1-4,13,17H,5-10,16H2/t13-/m1/s1. The highest BCUT2D eigenvalue weighted by Gasteiger charge is 2.45. The van der Waals surface area contributed by atoms with Crippen LogP contribution in [0, 0.1) is 11.2 Å². The summed E-state index contributed by atoms with van der Waals surface area (Å²) in [6, 6.07) is 6.97. The van der Waals surface area contributed by atoms with Crippen molar-refractivity contribution < 1.29 is 4.39 Å². The summed E-state index contributed by atoms with van der Waals surface area (Å²) in [6.07, 6.45) is 2.29. The number of benzene rings is 1. The zero-order valence-electron chi connectivity index (χ0n) is 10.5. The molecule has 0 amide bonds. The molecule has 1 spiro atoms. The number of anilines is 1. The van der Waals surface area contributed by atoms with E-state index < -0.39 is 0 Å². The molecule has 3 N–H and O–H groups in total. The Hall–Kier alpha value is -1.13. The highest BCUT2D eigenvalue weighted by molar-refractivity contribution is 5.48. The topological polar surface area (TPSA) is 41.3 Å². The Morgan fingerprint density at radius 2 is 1.89 bits per heavy atom. The Morgan fingerprint density at radius 3 is 2.56 bits per heavy atom. The van der Waals surface area contributed by atoms with E-state index in [2.05, 4.69) is 10.2 Å². The van der Waals surface area contributed by atoms with Crippen molar-refractivity contribution in [2.75, 3.05) is 31.1 Å². The van der Waals surface area contributed by atoms with Crippen molar-refractivity contribution in [1.29, 1.82) is 0 Å². The Morgan fingerprint density at radius 1 is 1.22 bits per heavy atom. The molecule has 0 saturated carbocycles. The lowest BCUT2D eigenvalue weighted by atomic mass is 9.75. The summed E-state index contributed by atoms with van der Waals surface area (Å²) in [4.78, 5) is 2.30. The van der Waals surface area contributed by atoms with Gasteiger partial charge in [-0.3, -0.25) is 0 Å². The lowest BCUT2D eigenvalue weighted by Crippen LogP contribution is -2.47. The molecule has 3 rings (SSSR count). The molecule has 0 bridgehead atoms. The summed E-state index contributed by atoms with van der Waals surface area (Å²) in [6.45, 7) is 4.00. The van der Waals surface area contributed by atoms with E-state index in [4.69, 9.17) is 5.73 Å². The van der Waals surface area contributed by atoms with Crippen LogP contribution in [0.1, 0.15) is 12.8 Å². The molecule has 3 nitrogen and oxygen atoms in total. The average molecular weight is 249 g/mol. The van der Waals surface area contributed by atoms with Gasteiger partial charge in [0.05, 0.1) is 0 Å². The molecule has 4 heteroatoms. The first-order chi connectivity index (χ1) is 8.70. The second-order valence-electron chi connectivity index (χ2n) is 5.58.